The molecule has 0 rings (SSSR count). The van der Waals surface area contributed by atoms with Gasteiger partial charge in [0.15, 0.2) is 22.4 Å². The van der Waals surface area contributed by atoms with E-state index in [-0.39, 0.29) is 49.4 Å². The standard InChI is InChI=1S/C24H44O10Si3/c1-11-30-22(26)19(3)21(25)18-36(7,8)34-37(9,10)33-35(5,6)17-13-14-29-15-16-32-24(28)20(4)23(27)31-12-2/h3-4,11-18H2,1-2,5-10H3. The van der Waals surface area contributed by atoms with Crippen molar-refractivity contribution < 1.29 is 46.4 Å². The fourth-order valence-corrected chi connectivity index (χ4v) is 17.4. The Bertz CT molecular complexity index is 837. The number of carbonyl (C=O) groups excluding carboxylic acids is 4. The molecule has 0 aromatic carbocycles. The Hall–Kier alpha value is -1.91. The molecule has 0 saturated carbocycles. The van der Waals surface area contributed by atoms with Crippen LogP contribution in [-0.4, -0.2) is 81.9 Å². The lowest BCUT2D eigenvalue weighted by Gasteiger charge is -2.38. The zero-order chi connectivity index (χ0) is 28.9. The SMILES string of the molecule is C=C(C(=O)C[Si](C)(C)O[Si](C)(C)O[Si](C)(C)CCCOCCOC(=O)C(=C)C(=O)OCC)C(=O)OCC. The van der Waals surface area contributed by atoms with Crippen molar-refractivity contribution in [2.45, 2.75) is 71.6 Å². The largest absolute Gasteiger partial charge is 0.462 e. The lowest BCUT2D eigenvalue weighted by atomic mass is 10.2. The first-order chi connectivity index (χ1) is 17.0. The first-order valence-corrected chi connectivity index (χ1v) is 21.4. The lowest BCUT2D eigenvalue weighted by Crippen LogP contribution is -2.53. The molecular formula is C24H44O10Si3. The van der Waals surface area contributed by atoms with Crippen molar-refractivity contribution in [1.82, 2.24) is 0 Å². The summed E-state index contributed by atoms with van der Waals surface area (Å²) in [5, 5.41) is 0. The Labute approximate surface area is 224 Å². The van der Waals surface area contributed by atoms with Gasteiger partial charge < -0.3 is 27.2 Å². The van der Waals surface area contributed by atoms with Crippen LogP contribution in [0.4, 0.5) is 0 Å². The topological polar surface area (TPSA) is 124 Å². The van der Waals surface area contributed by atoms with Crippen LogP contribution >= 0.6 is 0 Å². The number of esters is 3. The van der Waals surface area contributed by atoms with Crippen LogP contribution in [0, 0.1) is 0 Å². The number of hydrogen-bond donors (Lipinski definition) is 0. The van der Waals surface area contributed by atoms with Gasteiger partial charge in [0.1, 0.15) is 12.2 Å². The van der Waals surface area contributed by atoms with E-state index in [1.165, 1.54) is 0 Å². The van der Waals surface area contributed by atoms with E-state index in [1.54, 1.807) is 13.8 Å². The number of ketones is 1. The molecule has 212 valence electrons. The van der Waals surface area contributed by atoms with Crippen LogP contribution in [0.3, 0.4) is 0 Å². The fourth-order valence-electron chi connectivity index (χ4n) is 3.55. The van der Waals surface area contributed by atoms with Gasteiger partial charge in [-0.2, -0.15) is 0 Å². The van der Waals surface area contributed by atoms with E-state index in [9.17, 15) is 19.2 Å². The predicted octanol–water partition coefficient (Wildman–Crippen LogP) is 3.89. The summed E-state index contributed by atoms with van der Waals surface area (Å²) >= 11 is 0. The van der Waals surface area contributed by atoms with Crippen molar-refractivity contribution in [3.8, 4) is 0 Å². The van der Waals surface area contributed by atoms with Crippen molar-refractivity contribution in [3.05, 3.63) is 24.3 Å². The summed E-state index contributed by atoms with van der Waals surface area (Å²) in [4.78, 5) is 47.5. The molecule has 0 atom stereocenters. The minimum Gasteiger partial charge on any atom is -0.462 e. The second-order valence-electron chi connectivity index (χ2n) is 9.97. The van der Waals surface area contributed by atoms with Gasteiger partial charge in [-0.3, -0.25) is 4.79 Å². The molecule has 0 bridgehead atoms. The van der Waals surface area contributed by atoms with Gasteiger partial charge in [0.25, 0.3) is 0 Å². The molecule has 0 spiro atoms. The minimum atomic E-state index is -2.56. The van der Waals surface area contributed by atoms with Gasteiger partial charge in [0, 0.05) is 12.7 Å². The average molecular weight is 577 g/mol. The second-order valence-corrected chi connectivity index (χ2v) is 22.3. The Morgan fingerprint density at radius 2 is 1.14 bits per heavy atom. The smallest absolute Gasteiger partial charge is 0.345 e. The van der Waals surface area contributed by atoms with Crippen LogP contribution in [0.2, 0.25) is 51.4 Å². The molecule has 0 aromatic rings. The molecule has 0 radical (unpaired) electrons. The molecule has 0 aliphatic rings. The highest BCUT2D eigenvalue weighted by Crippen LogP contribution is 2.26. The summed E-state index contributed by atoms with van der Waals surface area (Å²) in [5.41, 5.74) is -0.500. The quantitative estimate of drug-likeness (QED) is 0.0425. The Morgan fingerprint density at radius 3 is 1.68 bits per heavy atom. The van der Waals surface area contributed by atoms with E-state index in [2.05, 4.69) is 26.3 Å². The molecule has 0 unspecified atom stereocenters. The maximum atomic E-state index is 12.5. The number of carbonyl (C=O) groups is 4. The first kappa shape index (κ1) is 35.1. The summed E-state index contributed by atoms with van der Waals surface area (Å²) in [6, 6.07) is 0.949. The molecule has 0 heterocycles. The molecular weight excluding hydrogens is 533 g/mol. The molecule has 0 aliphatic heterocycles. The molecule has 37 heavy (non-hydrogen) atoms. The van der Waals surface area contributed by atoms with Gasteiger partial charge in [-0.25, -0.2) is 14.4 Å². The lowest BCUT2D eigenvalue weighted by molar-refractivity contribution is -0.148. The van der Waals surface area contributed by atoms with Crippen molar-refractivity contribution in [2.75, 3.05) is 33.0 Å². The van der Waals surface area contributed by atoms with E-state index in [0.29, 0.717) is 6.61 Å². The van der Waals surface area contributed by atoms with Gasteiger partial charge in [0.05, 0.1) is 25.4 Å². The molecule has 0 fully saturated rings. The Balaban J connectivity index is 4.48. The molecule has 0 saturated heterocycles. The van der Waals surface area contributed by atoms with Crippen LogP contribution in [-0.2, 0) is 46.4 Å². The van der Waals surface area contributed by atoms with E-state index in [1.807, 2.05) is 26.2 Å². The van der Waals surface area contributed by atoms with E-state index < -0.39 is 43.1 Å². The van der Waals surface area contributed by atoms with Gasteiger partial charge in [0.2, 0.25) is 0 Å². The van der Waals surface area contributed by atoms with E-state index in [4.69, 9.17) is 27.2 Å². The maximum Gasteiger partial charge on any atom is 0.345 e. The highest BCUT2D eigenvalue weighted by atomic mass is 28.5. The first-order valence-electron chi connectivity index (χ1n) is 12.4. The molecule has 0 N–H and O–H groups in total. The number of hydrogen-bond acceptors (Lipinski definition) is 10. The highest BCUT2D eigenvalue weighted by molar-refractivity contribution is 6.88. The third kappa shape index (κ3) is 15.2. The van der Waals surface area contributed by atoms with Crippen molar-refractivity contribution in [2.24, 2.45) is 0 Å². The molecule has 13 heteroatoms. The highest BCUT2D eigenvalue weighted by Gasteiger charge is 2.41. The predicted molar refractivity (Wildman–Crippen MR) is 147 cm³/mol. The molecule has 0 amide bonds. The third-order valence-corrected chi connectivity index (χ3v) is 15.9. The normalized spacial score (nSPS) is 12.0. The molecule has 0 aliphatic carbocycles. The monoisotopic (exact) mass is 576 g/mol. The van der Waals surface area contributed by atoms with Crippen LogP contribution in [0.5, 0.6) is 0 Å². The minimum absolute atomic E-state index is 0.00336. The van der Waals surface area contributed by atoms with Gasteiger partial charge in [-0.1, -0.05) is 13.2 Å². The van der Waals surface area contributed by atoms with Crippen LogP contribution in [0.15, 0.2) is 24.3 Å². The van der Waals surface area contributed by atoms with Gasteiger partial charge >= 0.3 is 26.5 Å². The summed E-state index contributed by atoms with van der Waals surface area (Å²) in [6.45, 7) is 23.3. The van der Waals surface area contributed by atoms with Gasteiger partial charge in [-0.05, 0) is 65.6 Å². The van der Waals surface area contributed by atoms with Crippen molar-refractivity contribution >= 4 is 48.9 Å². The van der Waals surface area contributed by atoms with Gasteiger partial charge in [-0.15, -0.1) is 0 Å². The Kier molecular flexibility index (Phi) is 15.3. The number of ether oxygens (including phenoxy) is 4. The third-order valence-electron chi connectivity index (χ3n) is 4.79. The maximum absolute atomic E-state index is 12.5. The van der Waals surface area contributed by atoms with E-state index >= 15 is 0 Å². The summed E-state index contributed by atoms with van der Waals surface area (Å²) in [7, 11) is -7.13. The molecule has 0 aromatic heterocycles. The summed E-state index contributed by atoms with van der Waals surface area (Å²) in [6.07, 6.45) is 0.756. The fraction of sp³-hybridized carbons (Fsp3) is 0.667. The number of Topliss-reactive ketones (excluding diaryl/α,β-unsaturated/α-hetero) is 1. The second kappa shape index (κ2) is 16.1. The van der Waals surface area contributed by atoms with E-state index in [0.717, 1.165) is 12.5 Å². The van der Waals surface area contributed by atoms with Crippen LogP contribution < -0.4 is 0 Å². The molecule has 10 nitrogen and oxygen atoms in total. The average Bonchev–Trinajstić information content (AvgIpc) is 2.75. The van der Waals surface area contributed by atoms with Crippen LogP contribution in [0.1, 0.15) is 20.3 Å². The zero-order valence-electron chi connectivity index (χ0n) is 23.7. The summed E-state index contributed by atoms with van der Waals surface area (Å²) < 4.78 is 33.0. The van der Waals surface area contributed by atoms with Crippen molar-refractivity contribution in [1.29, 1.82) is 0 Å². The van der Waals surface area contributed by atoms with Crippen molar-refractivity contribution in [3.63, 3.8) is 0 Å². The zero-order valence-corrected chi connectivity index (χ0v) is 26.7. The Morgan fingerprint density at radius 1 is 0.649 bits per heavy atom. The number of rotatable bonds is 19. The summed E-state index contributed by atoms with van der Waals surface area (Å²) in [5.74, 6) is -2.67. The van der Waals surface area contributed by atoms with Crippen LogP contribution in [0.25, 0.3) is 0 Å².